The highest BCUT2D eigenvalue weighted by Crippen LogP contribution is 2.35. The molecule has 0 aliphatic rings. The lowest BCUT2D eigenvalue weighted by Crippen LogP contribution is -2.28. The molecule has 9 nitrogen and oxygen atoms in total. The highest BCUT2D eigenvalue weighted by atomic mass is 19.4. The number of carbonyl (C=O) groups excluding carboxylic acids is 3. The summed E-state index contributed by atoms with van der Waals surface area (Å²) in [5.41, 5.74) is 4.57. The second kappa shape index (κ2) is 11.7. The van der Waals surface area contributed by atoms with Gasteiger partial charge in [-0.2, -0.15) is 13.2 Å². The zero-order chi connectivity index (χ0) is 24.4. The molecule has 0 aromatic heterocycles. The van der Waals surface area contributed by atoms with E-state index >= 15 is 0 Å². The third-order valence-corrected chi connectivity index (χ3v) is 4.12. The van der Waals surface area contributed by atoms with Crippen LogP contribution in [0, 0.1) is 0 Å². The zero-order valence-corrected chi connectivity index (χ0v) is 17.5. The predicted octanol–water partition coefficient (Wildman–Crippen LogP) is 2.69. The van der Waals surface area contributed by atoms with Crippen molar-refractivity contribution in [1.82, 2.24) is 5.32 Å². The maximum atomic E-state index is 13.0. The number of esters is 1. The summed E-state index contributed by atoms with van der Waals surface area (Å²) in [4.78, 5) is 35.0. The molecule has 0 fully saturated rings. The monoisotopic (exact) mass is 469 g/mol. The van der Waals surface area contributed by atoms with Gasteiger partial charge in [-0.1, -0.05) is 12.1 Å². The molecule has 3 amide bonds. The Labute approximate surface area is 187 Å². The number of amides is 3. The number of nitrogens with one attached hydrogen (secondary N) is 2. The summed E-state index contributed by atoms with van der Waals surface area (Å²) in [6.07, 6.45) is -4.63. The van der Waals surface area contributed by atoms with E-state index in [4.69, 9.17) is 19.9 Å². The quantitative estimate of drug-likeness (QED) is 0.363. The molecule has 2 rings (SSSR count). The molecular weight excluding hydrogens is 447 g/mol. The molecule has 0 saturated heterocycles. The van der Waals surface area contributed by atoms with Crippen LogP contribution in [0.1, 0.15) is 21.5 Å². The van der Waals surface area contributed by atoms with E-state index in [1.807, 2.05) is 0 Å². The smallest absolute Gasteiger partial charge is 0.416 e. The summed E-state index contributed by atoms with van der Waals surface area (Å²) < 4.78 is 54.2. The van der Waals surface area contributed by atoms with Gasteiger partial charge in [0.15, 0.2) is 6.61 Å². The molecule has 0 radical (unpaired) electrons. The molecule has 33 heavy (non-hydrogen) atoms. The van der Waals surface area contributed by atoms with Crippen molar-refractivity contribution in [2.24, 2.45) is 5.73 Å². The molecule has 0 heterocycles. The highest BCUT2D eigenvalue weighted by Gasteiger charge is 2.31. The van der Waals surface area contributed by atoms with Gasteiger partial charge >= 0.3 is 18.2 Å². The largest absolute Gasteiger partial charge is 0.489 e. The van der Waals surface area contributed by atoms with Crippen LogP contribution in [0.25, 0.3) is 0 Å². The fourth-order valence-corrected chi connectivity index (χ4v) is 2.51. The molecule has 2 aromatic rings. The van der Waals surface area contributed by atoms with Crippen LogP contribution in [0.4, 0.5) is 23.7 Å². The molecular formula is C21H22F3N3O6. The molecule has 0 spiro atoms. The number of halogens is 3. The van der Waals surface area contributed by atoms with E-state index in [9.17, 15) is 27.6 Å². The number of benzene rings is 2. The van der Waals surface area contributed by atoms with Crippen LogP contribution in [-0.2, 0) is 27.0 Å². The Morgan fingerprint density at radius 1 is 1.03 bits per heavy atom. The molecule has 0 bridgehead atoms. The summed E-state index contributed by atoms with van der Waals surface area (Å²) in [6, 6.07) is 7.88. The van der Waals surface area contributed by atoms with Crippen molar-refractivity contribution >= 4 is 23.6 Å². The Bertz CT molecular complexity index is 980. The summed E-state index contributed by atoms with van der Waals surface area (Å²) in [5.74, 6) is -1.68. The number of urea groups is 1. The topological polar surface area (TPSA) is 129 Å². The number of nitrogens with two attached hydrogens (primary N) is 1. The maximum Gasteiger partial charge on any atom is 0.416 e. The molecule has 178 valence electrons. The summed E-state index contributed by atoms with van der Waals surface area (Å²) in [6.45, 7) is -0.343. The first kappa shape index (κ1) is 25.5. The van der Waals surface area contributed by atoms with Gasteiger partial charge in [0.25, 0.3) is 5.91 Å². The number of hydrogen-bond acceptors (Lipinski definition) is 6. The van der Waals surface area contributed by atoms with Gasteiger partial charge in [0, 0.05) is 13.7 Å². The number of carbonyl (C=O) groups is 3. The van der Waals surface area contributed by atoms with Gasteiger partial charge in [-0.15, -0.1) is 0 Å². The summed E-state index contributed by atoms with van der Waals surface area (Å²) >= 11 is 0. The Kier molecular flexibility index (Phi) is 9.04. The van der Waals surface area contributed by atoms with E-state index in [2.05, 4.69) is 10.6 Å². The van der Waals surface area contributed by atoms with Crippen molar-refractivity contribution in [3.8, 4) is 5.75 Å². The second-order valence-electron chi connectivity index (χ2n) is 6.59. The Balaban J connectivity index is 1.99. The standard InChI is InChI=1S/C21H22F3N3O6/c1-31-8-9-32-17-7-6-15(21(22,23)24)10-16(17)27-18(28)12-33-19(29)14-4-2-13(3-5-14)11-26-20(25)30/h2-7,10H,8-9,11-12H2,1H3,(H,27,28)(H3,25,26,30). The van der Waals surface area contributed by atoms with Crippen molar-refractivity contribution in [3.05, 3.63) is 59.2 Å². The lowest BCUT2D eigenvalue weighted by Gasteiger charge is -2.15. The Hall–Kier alpha value is -3.80. The first-order chi connectivity index (χ1) is 15.6. The number of rotatable bonds is 10. The van der Waals surface area contributed by atoms with E-state index in [0.717, 1.165) is 18.2 Å². The van der Waals surface area contributed by atoms with Gasteiger partial charge in [0.1, 0.15) is 12.4 Å². The lowest BCUT2D eigenvalue weighted by atomic mass is 10.1. The average Bonchev–Trinajstić information content (AvgIpc) is 2.76. The summed E-state index contributed by atoms with van der Waals surface area (Å²) in [7, 11) is 1.43. The third kappa shape index (κ3) is 8.33. The normalized spacial score (nSPS) is 10.9. The van der Waals surface area contributed by atoms with Crippen LogP contribution in [0.2, 0.25) is 0 Å². The molecule has 0 atom stereocenters. The van der Waals surface area contributed by atoms with Gasteiger partial charge in [-0.05, 0) is 35.9 Å². The highest BCUT2D eigenvalue weighted by molar-refractivity contribution is 5.96. The number of alkyl halides is 3. The number of primary amides is 1. The van der Waals surface area contributed by atoms with E-state index < -0.39 is 36.3 Å². The molecule has 0 aliphatic carbocycles. The van der Waals surface area contributed by atoms with E-state index in [1.165, 1.54) is 19.2 Å². The van der Waals surface area contributed by atoms with Crippen molar-refractivity contribution in [1.29, 1.82) is 0 Å². The number of hydrogen-bond donors (Lipinski definition) is 3. The number of ether oxygens (including phenoxy) is 3. The molecule has 0 aliphatic heterocycles. The fourth-order valence-electron chi connectivity index (χ4n) is 2.51. The predicted molar refractivity (Wildman–Crippen MR) is 111 cm³/mol. The van der Waals surface area contributed by atoms with Crippen LogP contribution in [0.5, 0.6) is 5.75 Å². The minimum Gasteiger partial charge on any atom is -0.489 e. The van der Waals surface area contributed by atoms with Gasteiger partial charge in [0.2, 0.25) is 0 Å². The molecule has 2 aromatic carbocycles. The second-order valence-corrected chi connectivity index (χ2v) is 6.59. The van der Waals surface area contributed by atoms with Crippen LogP contribution >= 0.6 is 0 Å². The molecule has 4 N–H and O–H groups in total. The minimum absolute atomic E-state index is 0.000106. The van der Waals surface area contributed by atoms with E-state index in [1.54, 1.807) is 12.1 Å². The van der Waals surface area contributed by atoms with E-state index in [0.29, 0.717) is 5.56 Å². The fraction of sp³-hybridized carbons (Fsp3) is 0.286. The molecule has 0 unspecified atom stereocenters. The number of methoxy groups -OCH3 is 1. The average molecular weight is 469 g/mol. The Morgan fingerprint density at radius 3 is 2.33 bits per heavy atom. The Morgan fingerprint density at radius 2 is 1.73 bits per heavy atom. The summed E-state index contributed by atoms with van der Waals surface area (Å²) in [5, 5.41) is 4.65. The molecule has 0 saturated carbocycles. The first-order valence-corrected chi connectivity index (χ1v) is 9.52. The SMILES string of the molecule is COCCOc1ccc(C(F)(F)F)cc1NC(=O)COC(=O)c1ccc(CNC(N)=O)cc1. The van der Waals surface area contributed by atoms with Gasteiger partial charge in [0.05, 0.1) is 23.4 Å². The van der Waals surface area contributed by atoms with Gasteiger partial charge < -0.3 is 30.6 Å². The van der Waals surface area contributed by atoms with Gasteiger partial charge in [-0.25, -0.2) is 9.59 Å². The first-order valence-electron chi connectivity index (χ1n) is 9.52. The van der Waals surface area contributed by atoms with Crippen LogP contribution in [0.15, 0.2) is 42.5 Å². The van der Waals surface area contributed by atoms with Crippen molar-refractivity contribution in [3.63, 3.8) is 0 Å². The van der Waals surface area contributed by atoms with Crippen molar-refractivity contribution in [2.45, 2.75) is 12.7 Å². The van der Waals surface area contributed by atoms with Crippen LogP contribution < -0.4 is 21.1 Å². The third-order valence-electron chi connectivity index (χ3n) is 4.12. The van der Waals surface area contributed by atoms with E-state index in [-0.39, 0.29) is 36.8 Å². The minimum atomic E-state index is -4.63. The van der Waals surface area contributed by atoms with Crippen LogP contribution in [-0.4, -0.2) is 44.8 Å². The number of anilines is 1. The van der Waals surface area contributed by atoms with Crippen molar-refractivity contribution in [2.75, 3.05) is 32.2 Å². The van der Waals surface area contributed by atoms with Gasteiger partial charge in [-0.3, -0.25) is 4.79 Å². The van der Waals surface area contributed by atoms with Crippen LogP contribution in [0.3, 0.4) is 0 Å². The van der Waals surface area contributed by atoms with Crippen molar-refractivity contribution < 1.29 is 41.8 Å². The zero-order valence-electron chi connectivity index (χ0n) is 17.5. The molecule has 12 heteroatoms. The maximum absolute atomic E-state index is 13.0. The lowest BCUT2D eigenvalue weighted by molar-refractivity contribution is -0.137.